The first-order valence-electron chi connectivity index (χ1n) is 6.25. The molecule has 0 unspecified atom stereocenters. The molecule has 0 aliphatic carbocycles. The van der Waals surface area contributed by atoms with Crippen LogP contribution in [0.1, 0.15) is 5.56 Å². The molecule has 21 heavy (non-hydrogen) atoms. The smallest absolute Gasteiger partial charge is 0.238 e. The largest absolute Gasteiger partial charge is 0.324 e. The van der Waals surface area contributed by atoms with Crippen LogP contribution >= 0.6 is 23.2 Å². The third kappa shape index (κ3) is 4.70. The molecule has 2 aromatic rings. The molecule has 0 aromatic heterocycles. The fourth-order valence-corrected chi connectivity index (χ4v) is 2.07. The zero-order valence-electron chi connectivity index (χ0n) is 11.0. The molecule has 3 nitrogen and oxygen atoms in total. The summed E-state index contributed by atoms with van der Waals surface area (Å²) < 4.78 is 12.7. The monoisotopic (exact) mass is 326 g/mol. The lowest BCUT2D eigenvalue weighted by Gasteiger charge is -2.09. The fraction of sp³-hybridized carbons (Fsp3) is 0.133. The first kappa shape index (κ1) is 15.8. The highest BCUT2D eigenvalue weighted by Gasteiger charge is 2.07. The van der Waals surface area contributed by atoms with Crippen molar-refractivity contribution in [1.82, 2.24) is 5.32 Å². The highest BCUT2D eigenvalue weighted by Crippen LogP contribution is 2.29. The van der Waals surface area contributed by atoms with E-state index in [1.807, 2.05) is 0 Å². The lowest BCUT2D eigenvalue weighted by molar-refractivity contribution is -0.115. The summed E-state index contributed by atoms with van der Waals surface area (Å²) >= 11 is 11.8. The minimum absolute atomic E-state index is 0.111. The standard InChI is InChI=1S/C15H13Cl2FN2O/c16-12-2-1-3-13(15(12)17)20-14(21)9-19-8-10-4-6-11(18)7-5-10/h1-7,19H,8-9H2,(H,20,21). The SMILES string of the molecule is O=C(CNCc1ccc(F)cc1)Nc1cccc(Cl)c1Cl. The molecule has 0 saturated carbocycles. The quantitative estimate of drug-likeness (QED) is 0.875. The molecule has 0 saturated heterocycles. The summed E-state index contributed by atoms with van der Waals surface area (Å²) in [5, 5.41) is 6.33. The molecule has 0 radical (unpaired) electrons. The molecule has 0 heterocycles. The zero-order valence-corrected chi connectivity index (χ0v) is 12.5. The van der Waals surface area contributed by atoms with Crippen LogP contribution in [-0.2, 0) is 11.3 Å². The first-order chi connectivity index (χ1) is 10.1. The molecular formula is C15H13Cl2FN2O. The number of hydrogen-bond donors (Lipinski definition) is 2. The number of carbonyl (C=O) groups excluding carboxylic acids is 1. The second-order valence-corrected chi connectivity index (χ2v) is 5.16. The van der Waals surface area contributed by atoms with E-state index in [9.17, 15) is 9.18 Å². The van der Waals surface area contributed by atoms with E-state index >= 15 is 0 Å². The molecule has 0 aliphatic rings. The Bertz CT molecular complexity index is 632. The maximum absolute atomic E-state index is 12.7. The van der Waals surface area contributed by atoms with E-state index < -0.39 is 0 Å². The summed E-state index contributed by atoms with van der Waals surface area (Å²) in [4.78, 5) is 11.8. The molecule has 0 atom stereocenters. The van der Waals surface area contributed by atoms with Gasteiger partial charge in [-0.15, -0.1) is 0 Å². The van der Waals surface area contributed by atoms with E-state index in [1.165, 1.54) is 12.1 Å². The second-order valence-electron chi connectivity index (χ2n) is 4.38. The van der Waals surface area contributed by atoms with Gasteiger partial charge in [-0.05, 0) is 29.8 Å². The van der Waals surface area contributed by atoms with Crippen LogP contribution in [-0.4, -0.2) is 12.5 Å². The Labute approximate surface area is 132 Å². The van der Waals surface area contributed by atoms with Gasteiger partial charge >= 0.3 is 0 Å². The van der Waals surface area contributed by atoms with Crippen molar-refractivity contribution in [3.63, 3.8) is 0 Å². The molecule has 2 N–H and O–H groups in total. The van der Waals surface area contributed by atoms with Crippen molar-refractivity contribution in [2.45, 2.75) is 6.54 Å². The zero-order chi connectivity index (χ0) is 15.2. The summed E-state index contributed by atoms with van der Waals surface area (Å²) in [6.07, 6.45) is 0. The Kier molecular flexibility index (Phi) is 5.56. The highest BCUT2D eigenvalue weighted by molar-refractivity contribution is 6.43. The van der Waals surface area contributed by atoms with Crippen molar-refractivity contribution in [2.24, 2.45) is 0 Å². The molecule has 0 fully saturated rings. The van der Waals surface area contributed by atoms with Crippen LogP contribution < -0.4 is 10.6 Å². The van der Waals surface area contributed by atoms with Crippen LogP contribution in [0.25, 0.3) is 0 Å². The number of carbonyl (C=O) groups is 1. The number of nitrogens with one attached hydrogen (secondary N) is 2. The number of anilines is 1. The maximum Gasteiger partial charge on any atom is 0.238 e. The third-order valence-electron chi connectivity index (χ3n) is 2.75. The van der Waals surface area contributed by atoms with Crippen LogP contribution in [0.2, 0.25) is 10.0 Å². The van der Waals surface area contributed by atoms with Crippen molar-refractivity contribution in [3.05, 3.63) is 63.9 Å². The van der Waals surface area contributed by atoms with Crippen LogP contribution in [0.15, 0.2) is 42.5 Å². The van der Waals surface area contributed by atoms with Crippen molar-refractivity contribution in [1.29, 1.82) is 0 Å². The number of benzene rings is 2. The average molecular weight is 327 g/mol. The van der Waals surface area contributed by atoms with Gasteiger partial charge in [0.25, 0.3) is 0 Å². The van der Waals surface area contributed by atoms with Gasteiger partial charge in [0.2, 0.25) is 5.91 Å². The average Bonchev–Trinajstić information content (AvgIpc) is 2.46. The maximum atomic E-state index is 12.7. The predicted molar refractivity (Wildman–Crippen MR) is 83.2 cm³/mol. The van der Waals surface area contributed by atoms with Crippen molar-refractivity contribution < 1.29 is 9.18 Å². The topological polar surface area (TPSA) is 41.1 Å². The first-order valence-corrected chi connectivity index (χ1v) is 7.01. The van der Waals surface area contributed by atoms with Crippen molar-refractivity contribution in [3.8, 4) is 0 Å². The normalized spacial score (nSPS) is 10.4. The lowest BCUT2D eigenvalue weighted by Crippen LogP contribution is -2.27. The number of amides is 1. The lowest BCUT2D eigenvalue weighted by atomic mass is 10.2. The summed E-state index contributed by atoms with van der Waals surface area (Å²) in [7, 11) is 0. The van der Waals surface area contributed by atoms with Gasteiger partial charge in [0.15, 0.2) is 0 Å². The number of halogens is 3. The number of hydrogen-bond acceptors (Lipinski definition) is 2. The summed E-state index contributed by atoms with van der Waals surface area (Å²) in [5.74, 6) is -0.520. The van der Waals surface area contributed by atoms with Crippen LogP contribution in [0.3, 0.4) is 0 Å². The van der Waals surface area contributed by atoms with Crippen LogP contribution in [0.4, 0.5) is 10.1 Å². The molecule has 110 valence electrons. The van der Waals surface area contributed by atoms with E-state index in [0.717, 1.165) is 5.56 Å². The Morgan fingerprint density at radius 3 is 2.52 bits per heavy atom. The highest BCUT2D eigenvalue weighted by atomic mass is 35.5. The molecular weight excluding hydrogens is 314 g/mol. The van der Waals surface area contributed by atoms with Gasteiger partial charge in [0.05, 0.1) is 22.3 Å². The van der Waals surface area contributed by atoms with Gasteiger partial charge in [-0.3, -0.25) is 4.79 Å². The van der Waals surface area contributed by atoms with Gasteiger partial charge in [0.1, 0.15) is 5.82 Å². The Balaban J connectivity index is 1.82. The van der Waals surface area contributed by atoms with E-state index in [2.05, 4.69) is 10.6 Å². The summed E-state index contributed by atoms with van der Waals surface area (Å²) in [6, 6.07) is 11.1. The third-order valence-corrected chi connectivity index (χ3v) is 3.57. The Morgan fingerprint density at radius 2 is 1.81 bits per heavy atom. The molecule has 0 aliphatic heterocycles. The van der Waals surface area contributed by atoms with Gasteiger partial charge in [-0.25, -0.2) is 4.39 Å². The van der Waals surface area contributed by atoms with Crippen LogP contribution in [0, 0.1) is 5.82 Å². The minimum atomic E-state index is -0.285. The number of rotatable bonds is 5. The summed E-state index contributed by atoms with van der Waals surface area (Å²) in [5.41, 5.74) is 1.36. The van der Waals surface area contributed by atoms with Gasteiger partial charge in [0, 0.05) is 6.54 Å². The molecule has 6 heteroatoms. The van der Waals surface area contributed by atoms with E-state index in [4.69, 9.17) is 23.2 Å². The fourth-order valence-electron chi connectivity index (χ4n) is 1.72. The Morgan fingerprint density at radius 1 is 1.10 bits per heavy atom. The van der Waals surface area contributed by atoms with Crippen molar-refractivity contribution in [2.75, 3.05) is 11.9 Å². The summed E-state index contributed by atoms with van der Waals surface area (Å²) in [6.45, 7) is 0.581. The van der Waals surface area contributed by atoms with E-state index in [0.29, 0.717) is 22.3 Å². The van der Waals surface area contributed by atoms with Gasteiger partial charge in [-0.2, -0.15) is 0 Å². The molecule has 1 amide bonds. The van der Waals surface area contributed by atoms with E-state index in [-0.39, 0.29) is 18.3 Å². The molecule has 0 bridgehead atoms. The molecule has 0 spiro atoms. The minimum Gasteiger partial charge on any atom is -0.324 e. The van der Waals surface area contributed by atoms with Crippen molar-refractivity contribution >= 4 is 34.8 Å². The van der Waals surface area contributed by atoms with E-state index in [1.54, 1.807) is 30.3 Å². The second kappa shape index (κ2) is 7.41. The van der Waals surface area contributed by atoms with Gasteiger partial charge < -0.3 is 10.6 Å². The Hall–Kier alpha value is -1.62. The van der Waals surface area contributed by atoms with Crippen LogP contribution in [0.5, 0.6) is 0 Å². The van der Waals surface area contributed by atoms with Gasteiger partial charge in [-0.1, -0.05) is 41.4 Å². The molecule has 2 rings (SSSR count). The molecule has 2 aromatic carbocycles. The predicted octanol–water partition coefficient (Wildman–Crippen LogP) is 3.86.